The molecule has 1 aromatic rings. The smallest absolute Gasteiger partial charge is 0.230 e. The van der Waals surface area contributed by atoms with Crippen molar-refractivity contribution in [1.29, 1.82) is 0 Å². The van der Waals surface area contributed by atoms with Crippen molar-refractivity contribution in [2.75, 3.05) is 6.54 Å². The van der Waals surface area contributed by atoms with Crippen LogP contribution in [0, 0.1) is 0 Å². The van der Waals surface area contributed by atoms with Gasteiger partial charge in [-0.1, -0.05) is 30.3 Å². The second kappa shape index (κ2) is 4.26. The molecule has 86 valence electrons. The molecule has 3 heteroatoms. The van der Waals surface area contributed by atoms with E-state index in [4.69, 9.17) is 5.11 Å². The summed E-state index contributed by atoms with van der Waals surface area (Å²) in [5.74, 6) is 0.0413. The predicted molar refractivity (Wildman–Crippen MR) is 62.0 cm³/mol. The maximum atomic E-state index is 12.0. The Kier molecular flexibility index (Phi) is 2.97. The molecule has 1 amide bonds. The number of carbonyl (C=O) groups excluding carboxylic acids is 1. The first kappa shape index (κ1) is 11.1. The van der Waals surface area contributed by atoms with Gasteiger partial charge in [-0.3, -0.25) is 4.79 Å². The lowest BCUT2D eigenvalue weighted by molar-refractivity contribution is -0.124. The molecule has 1 aromatic carbocycles. The Morgan fingerprint density at radius 2 is 2.06 bits per heavy atom. The highest BCUT2D eigenvalue weighted by atomic mass is 16.3. The van der Waals surface area contributed by atoms with Crippen molar-refractivity contribution in [2.24, 2.45) is 0 Å². The number of aliphatic hydroxyl groups excluding tert-OH is 1. The highest BCUT2D eigenvalue weighted by molar-refractivity contribution is 5.91. The molecule has 0 heterocycles. The SMILES string of the molecule is CC(O)CNC(=O)C1(c2ccccc2)CC1. The lowest BCUT2D eigenvalue weighted by atomic mass is 9.95. The minimum atomic E-state index is -0.490. The summed E-state index contributed by atoms with van der Waals surface area (Å²) in [6.07, 6.45) is 1.32. The van der Waals surface area contributed by atoms with Crippen LogP contribution in [0.4, 0.5) is 0 Å². The van der Waals surface area contributed by atoms with Crippen molar-refractivity contribution >= 4 is 5.91 Å². The maximum Gasteiger partial charge on any atom is 0.230 e. The number of hydrogen-bond donors (Lipinski definition) is 2. The van der Waals surface area contributed by atoms with E-state index in [0.717, 1.165) is 18.4 Å². The number of rotatable bonds is 4. The second-order valence-electron chi connectivity index (χ2n) is 4.51. The van der Waals surface area contributed by atoms with Gasteiger partial charge in [0.2, 0.25) is 5.91 Å². The summed E-state index contributed by atoms with van der Waals surface area (Å²) in [6.45, 7) is 2.00. The van der Waals surface area contributed by atoms with Crippen molar-refractivity contribution in [2.45, 2.75) is 31.3 Å². The molecule has 2 rings (SSSR count). The highest BCUT2D eigenvalue weighted by Gasteiger charge is 2.50. The summed E-state index contributed by atoms with van der Waals surface area (Å²) in [5.41, 5.74) is 0.758. The molecular weight excluding hydrogens is 202 g/mol. The Balaban J connectivity index is 2.06. The van der Waals surface area contributed by atoms with E-state index in [2.05, 4.69) is 5.32 Å². The Morgan fingerprint density at radius 1 is 1.44 bits per heavy atom. The van der Waals surface area contributed by atoms with Gasteiger partial charge in [0.05, 0.1) is 11.5 Å². The van der Waals surface area contributed by atoms with Crippen LogP contribution in [-0.2, 0) is 10.2 Å². The molecule has 0 aliphatic heterocycles. The van der Waals surface area contributed by atoms with Crippen LogP contribution < -0.4 is 5.32 Å². The fraction of sp³-hybridized carbons (Fsp3) is 0.462. The normalized spacial score (nSPS) is 18.9. The van der Waals surface area contributed by atoms with Crippen molar-refractivity contribution in [3.05, 3.63) is 35.9 Å². The van der Waals surface area contributed by atoms with Gasteiger partial charge in [0.1, 0.15) is 0 Å². The Bertz CT molecular complexity index is 369. The zero-order valence-corrected chi connectivity index (χ0v) is 9.44. The summed E-state index contributed by atoms with van der Waals surface area (Å²) in [6, 6.07) is 9.85. The summed E-state index contributed by atoms with van der Waals surface area (Å²) in [4.78, 5) is 12.0. The Hall–Kier alpha value is -1.35. The molecule has 1 aliphatic rings. The molecular formula is C13H17NO2. The fourth-order valence-corrected chi connectivity index (χ4v) is 1.94. The van der Waals surface area contributed by atoms with Crippen molar-refractivity contribution in [3.8, 4) is 0 Å². The molecule has 1 saturated carbocycles. The number of aliphatic hydroxyl groups is 1. The van der Waals surface area contributed by atoms with Crippen LogP contribution >= 0.6 is 0 Å². The second-order valence-corrected chi connectivity index (χ2v) is 4.51. The van der Waals surface area contributed by atoms with Crippen LogP contribution in [0.1, 0.15) is 25.3 Å². The minimum Gasteiger partial charge on any atom is -0.392 e. The lowest BCUT2D eigenvalue weighted by Gasteiger charge is -2.16. The van der Waals surface area contributed by atoms with Gasteiger partial charge >= 0.3 is 0 Å². The van der Waals surface area contributed by atoms with Gasteiger partial charge in [-0.05, 0) is 25.3 Å². The molecule has 0 aromatic heterocycles. The summed E-state index contributed by atoms with van der Waals surface area (Å²) >= 11 is 0. The molecule has 3 nitrogen and oxygen atoms in total. The van der Waals surface area contributed by atoms with Crippen LogP contribution in [0.3, 0.4) is 0 Å². The maximum absolute atomic E-state index is 12.0. The third-order valence-electron chi connectivity index (χ3n) is 3.07. The summed E-state index contributed by atoms with van der Waals surface area (Å²) in [7, 11) is 0. The molecule has 16 heavy (non-hydrogen) atoms. The predicted octanol–water partition coefficient (Wildman–Crippen LogP) is 1.22. The quantitative estimate of drug-likeness (QED) is 0.799. The van der Waals surface area contributed by atoms with Gasteiger partial charge in [-0.2, -0.15) is 0 Å². The zero-order chi connectivity index (χ0) is 11.6. The van der Waals surface area contributed by atoms with E-state index in [0.29, 0.717) is 6.54 Å². The summed E-state index contributed by atoms with van der Waals surface area (Å²) < 4.78 is 0. The zero-order valence-electron chi connectivity index (χ0n) is 9.44. The first-order valence-corrected chi connectivity index (χ1v) is 5.67. The molecule has 0 saturated heterocycles. The molecule has 1 fully saturated rings. The van der Waals surface area contributed by atoms with Crippen molar-refractivity contribution in [3.63, 3.8) is 0 Å². The van der Waals surface area contributed by atoms with Crippen LogP contribution in [0.25, 0.3) is 0 Å². The third kappa shape index (κ3) is 2.09. The van der Waals surface area contributed by atoms with E-state index in [9.17, 15) is 4.79 Å². The monoisotopic (exact) mass is 219 g/mol. The van der Waals surface area contributed by atoms with Crippen LogP contribution in [0.2, 0.25) is 0 Å². The minimum absolute atomic E-state index is 0.0413. The molecule has 1 aliphatic carbocycles. The van der Waals surface area contributed by atoms with Gasteiger partial charge in [-0.15, -0.1) is 0 Å². The average Bonchev–Trinajstić information content (AvgIpc) is 3.08. The molecule has 0 radical (unpaired) electrons. The Morgan fingerprint density at radius 3 is 2.56 bits per heavy atom. The number of hydrogen-bond acceptors (Lipinski definition) is 2. The summed E-state index contributed by atoms with van der Waals surface area (Å²) in [5, 5.41) is 11.9. The first-order valence-electron chi connectivity index (χ1n) is 5.67. The van der Waals surface area contributed by atoms with Gasteiger partial charge in [0, 0.05) is 6.54 Å². The van der Waals surface area contributed by atoms with Crippen LogP contribution in [-0.4, -0.2) is 23.7 Å². The first-order chi connectivity index (χ1) is 7.65. The lowest BCUT2D eigenvalue weighted by Crippen LogP contribution is -2.38. The van der Waals surface area contributed by atoms with Gasteiger partial charge < -0.3 is 10.4 Å². The van der Waals surface area contributed by atoms with E-state index in [1.165, 1.54) is 0 Å². The fourth-order valence-electron chi connectivity index (χ4n) is 1.94. The van der Waals surface area contributed by atoms with Gasteiger partial charge in [-0.25, -0.2) is 0 Å². The van der Waals surface area contributed by atoms with E-state index < -0.39 is 6.10 Å². The van der Waals surface area contributed by atoms with E-state index in [-0.39, 0.29) is 11.3 Å². The average molecular weight is 219 g/mol. The van der Waals surface area contributed by atoms with E-state index in [1.807, 2.05) is 30.3 Å². The topological polar surface area (TPSA) is 49.3 Å². The standard InChI is InChI=1S/C13H17NO2/c1-10(15)9-14-12(16)13(7-8-13)11-5-3-2-4-6-11/h2-6,10,15H,7-9H2,1H3,(H,14,16). The molecule has 2 N–H and O–H groups in total. The molecule has 0 spiro atoms. The molecule has 1 unspecified atom stereocenters. The number of nitrogens with one attached hydrogen (secondary N) is 1. The molecule has 0 bridgehead atoms. The largest absolute Gasteiger partial charge is 0.392 e. The van der Waals surface area contributed by atoms with E-state index >= 15 is 0 Å². The number of benzene rings is 1. The Labute approximate surface area is 95.5 Å². The van der Waals surface area contributed by atoms with Gasteiger partial charge in [0.25, 0.3) is 0 Å². The number of amides is 1. The molecule has 1 atom stereocenters. The van der Waals surface area contributed by atoms with Crippen LogP contribution in [0.5, 0.6) is 0 Å². The van der Waals surface area contributed by atoms with Gasteiger partial charge in [0.15, 0.2) is 0 Å². The third-order valence-corrected chi connectivity index (χ3v) is 3.07. The van der Waals surface area contributed by atoms with Crippen molar-refractivity contribution < 1.29 is 9.90 Å². The van der Waals surface area contributed by atoms with Crippen molar-refractivity contribution in [1.82, 2.24) is 5.32 Å². The highest BCUT2D eigenvalue weighted by Crippen LogP contribution is 2.48. The van der Waals surface area contributed by atoms with E-state index in [1.54, 1.807) is 6.92 Å². The van der Waals surface area contributed by atoms with Crippen LogP contribution in [0.15, 0.2) is 30.3 Å². The number of carbonyl (C=O) groups is 1.